The SMILES string of the molecule is Cc1ccc(C[C@H](C(=O)O)[C@@H](C)C(=O)Nc2ccc(F)cc2)cc1. The smallest absolute Gasteiger partial charge is 0.307 e. The van der Waals surface area contributed by atoms with Crippen LogP contribution in [0.4, 0.5) is 10.1 Å². The summed E-state index contributed by atoms with van der Waals surface area (Å²) in [7, 11) is 0. The lowest BCUT2D eigenvalue weighted by atomic mass is 9.87. The highest BCUT2D eigenvalue weighted by Gasteiger charge is 2.30. The van der Waals surface area contributed by atoms with E-state index in [0.29, 0.717) is 5.69 Å². The number of aryl methyl sites for hydroxylation is 1. The zero-order chi connectivity index (χ0) is 17.7. The number of hydrogen-bond donors (Lipinski definition) is 2. The number of carboxylic acids is 1. The number of carboxylic acid groups (broad SMARTS) is 1. The minimum atomic E-state index is -1.02. The van der Waals surface area contributed by atoms with Gasteiger partial charge in [0.1, 0.15) is 5.82 Å². The van der Waals surface area contributed by atoms with E-state index in [-0.39, 0.29) is 6.42 Å². The normalized spacial score (nSPS) is 13.1. The highest BCUT2D eigenvalue weighted by Crippen LogP contribution is 2.21. The van der Waals surface area contributed by atoms with E-state index in [9.17, 15) is 19.1 Å². The lowest BCUT2D eigenvalue weighted by Crippen LogP contribution is -2.33. The Kier molecular flexibility index (Phi) is 5.68. The number of aliphatic carboxylic acids is 1. The first-order chi connectivity index (χ1) is 11.4. The summed E-state index contributed by atoms with van der Waals surface area (Å²) in [4.78, 5) is 23.9. The van der Waals surface area contributed by atoms with Gasteiger partial charge < -0.3 is 10.4 Å². The molecule has 1 amide bonds. The summed E-state index contributed by atoms with van der Waals surface area (Å²) in [5.74, 6) is -3.38. The zero-order valence-electron chi connectivity index (χ0n) is 13.6. The van der Waals surface area contributed by atoms with Crippen LogP contribution in [0.15, 0.2) is 48.5 Å². The molecule has 0 heterocycles. The Morgan fingerprint density at radius 1 is 1.08 bits per heavy atom. The highest BCUT2D eigenvalue weighted by molar-refractivity contribution is 5.94. The number of rotatable bonds is 6. The number of benzene rings is 2. The number of nitrogens with one attached hydrogen (secondary N) is 1. The maximum absolute atomic E-state index is 12.9. The van der Waals surface area contributed by atoms with Gasteiger partial charge in [-0.1, -0.05) is 36.8 Å². The van der Waals surface area contributed by atoms with Gasteiger partial charge in [-0.2, -0.15) is 0 Å². The van der Waals surface area contributed by atoms with Crippen LogP contribution in [0.3, 0.4) is 0 Å². The molecule has 126 valence electrons. The number of anilines is 1. The fourth-order valence-electron chi connectivity index (χ4n) is 2.43. The van der Waals surface area contributed by atoms with Crippen molar-refractivity contribution in [1.82, 2.24) is 0 Å². The molecule has 0 saturated carbocycles. The van der Waals surface area contributed by atoms with E-state index in [0.717, 1.165) is 11.1 Å². The van der Waals surface area contributed by atoms with Crippen molar-refractivity contribution in [3.05, 3.63) is 65.5 Å². The summed E-state index contributed by atoms with van der Waals surface area (Å²) in [5, 5.41) is 12.1. The monoisotopic (exact) mass is 329 g/mol. The predicted molar refractivity (Wildman–Crippen MR) is 90.2 cm³/mol. The van der Waals surface area contributed by atoms with Crippen LogP contribution in [0.25, 0.3) is 0 Å². The molecule has 5 heteroatoms. The molecule has 24 heavy (non-hydrogen) atoms. The second-order valence-corrected chi connectivity index (χ2v) is 5.92. The Morgan fingerprint density at radius 3 is 2.21 bits per heavy atom. The van der Waals surface area contributed by atoms with Crippen LogP contribution in [0.1, 0.15) is 18.1 Å². The van der Waals surface area contributed by atoms with Gasteiger partial charge in [0.15, 0.2) is 0 Å². The number of carbonyl (C=O) groups is 2. The molecule has 0 aromatic heterocycles. The molecule has 2 aromatic carbocycles. The molecule has 2 atom stereocenters. The van der Waals surface area contributed by atoms with Gasteiger partial charge in [0.05, 0.1) is 5.92 Å². The van der Waals surface area contributed by atoms with Gasteiger partial charge in [-0.3, -0.25) is 9.59 Å². The molecule has 2 aromatic rings. The Bertz CT molecular complexity index is 710. The Balaban J connectivity index is 2.08. The van der Waals surface area contributed by atoms with E-state index in [1.807, 2.05) is 31.2 Å². The molecule has 2 N–H and O–H groups in total. The van der Waals surface area contributed by atoms with Crippen molar-refractivity contribution < 1.29 is 19.1 Å². The average Bonchev–Trinajstić information content (AvgIpc) is 2.55. The van der Waals surface area contributed by atoms with Crippen molar-refractivity contribution in [3.8, 4) is 0 Å². The molecule has 0 aliphatic rings. The molecule has 0 radical (unpaired) electrons. The van der Waals surface area contributed by atoms with Gasteiger partial charge in [0, 0.05) is 11.6 Å². The maximum Gasteiger partial charge on any atom is 0.307 e. The number of halogens is 1. The fraction of sp³-hybridized carbons (Fsp3) is 0.263. The minimum absolute atomic E-state index is 0.271. The summed E-state index contributed by atoms with van der Waals surface area (Å²) in [5.41, 5.74) is 2.40. The van der Waals surface area contributed by atoms with Crippen molar-refractivity contribution in [2.24, 2.45) is 11.8 Å². The van der Waals surface area contributed by atoms with Crippen LogP contribution in [-0.4, -0.2) is 17.0 Å². The Morgan fingerprint density at radius 2 is 1.67 bits per heavy atom. The largest absolute Gasteiger partial charge is 0.481 e. The van der Waals surface area contributed by atoms with E-state index in [4.69, 9.17) is 0 Å². The topological polar surface area (TPSA) is 66.4 Å². The molecule has 0 aliphatic heterocycles. The Labute approximate surface area is 140 Å². The summed E-state index contributed by atoms with van der Waals surface area (Å²) < 4.78 is 12.9. The van der Waals surface area contributed by atoms with Crippen molar-refractivity contribution in [2.45, 2.75) is 20.3 Å². The van der Waals surface area contributed by atoms with Crippen molar-refractivity contribution in [2.75, 3.05) is 5.32 Å². The van der Waals surface area contributed by atoms with Gasteiger partial charge in [0.25, 0.3) is 0 Å². The quantitative estimate of drug-likeness (QED) is 0.850. The number of hydrogen-bond acceptors (Lipinski definition) is 2. The van der Waals surface area contributed by atoms with Crippen molar-refractivity contribution in [1.29, 1.82) is 0 Å². The van der Waals surface area contributed by atoms with E-state index in [1.165, 1.54) is 24.3 Å². The molecule has 0 saturated heterocycles. The molecule has 0 aliphatic carbocycles. The zero-order valence-corrected chi connectivity index (χ0v) is 13.6. The van der Waals surface area contributed by atoms with Crippen LogP contribution in [0.5, 0.6) is 0 Å². The summed E-state index contributed by atoms with van der Waals surface area (Å²) >= 11 is 0. The van der Waals surface area contributed by atoms with Crippen LogP contribution in [-0.2, 0) is 16.0 Å². The highest BCUT2D eigenvalue weighted by atomic mass is 19.1. The lowest BCUT2D eigenvalue weighted by molar-refractivity contribution is -0.145. The summed E-state index contributed by atoms with van der Waals surface area (Å²) in [6.07, 6.45) is 0.271. The minimum Gasteiger partial charge on any atom is -0.481 e. The van der Waals surface area contributed by atoms with Crippen LogP contribution in [0.2, 0.25) is 0 Å². The van der Waals surface area contributed by atoms with Crippen LogP contribution < -0.4 is 5.32 Å². The predicted octanol–water partition coefficient (Wildman–Crippen LogP) is 3.65. The second-order valence-electron chi connectivity index (χ2n) is 5.92. The van der Waals surface area contributed by atoms with Crippen LogP contribution >= 0.6 is 0 Å². The molecule has 0 unspecified atom stereocenters. The van der Waals surface area contributed by atoms with Crippen LogP contribution in [0, 0.1) is 24.6 Å². The first kappa shape index (κ1) is 17.7. The molecular formula is C19H20FNO3. The molecule has 0 bridgehead atoms. The van der Waals surface area contributed by atoms with E-state index in [1.54, 1.807) is 6.92 Å². The molecule has 4 nitrogen and oxygen atoms in total. The van der Waals surface area contributed by atoms with Crippen molar-refractivity contribution in [3.63, 3.8) is 0 Å². The van der Waals surface area contributed by atoms with Gasteiger partial charge in [-0.25, -0.2) is 4.39 Å². The van der Waals surface area contributed by atoms with E-state index >= 15 is 0 Å². The third-order valence-corrected chi connectivity index (χ3v) is 4.02. The number of carbonyl (C=O) groups excluding carboxylic acids is 1. The summed E-state index contributed by atoms with van der Waals surface area (Å²) in [6, 6.07) is 12.9. The average molecular weight is 329 g/mol. The molecule has 2 rings (SSSR count). The van der Waals surface area contributed by atoms with Gasteiger partial charge in [-0.15, -0.1) is 0 Å². The third-order valence-electron chi connectivity index (χ3n) is 4.02. The number of amides is 1. The fourth-order valence-corrected chi connectivity index (χ4v) is 2.43. The first-order valence-corrected chi connectivity index (χ1v) is 7.71. The standard InChI is InChI=1S/C19H20FNO3/c1-12-3-5-14(6-4-12)11-17(19(23)24)13(2)18(22)21-16-9-7-15(20)8-10-16/h3-10,13,17H,11H2,1-2H3,(H,21,22)(H,23,24)/t13-,17+/m1/s1. The van der Waals surface area contributed by atoms with Gasteiger partial charge in [0.2, 0.25) is 5.91 Å². The maximum atomic E-state index is 12.9. The first-order valence-electron chi connectivity index (χ1n) is 7.71. The van der Waals surface area contributed by atoms with E-state index < -0.39 is 29.5 Å². The van der Waals surface area contributed by atoms with Crippen molar-refractivity contribution >= 4 is 17.6 Å². The lowest BCUT2D eigenvalue weighted by Gasteiger charge is -2.20. The molecule has 0 spiro atoms. The van der Waals surface area contributed by atoms with Gasteiger partial charge >= 0.3 is 5.97 Å². The third kappa shape index (κ3) is 4.65. The van der Waals surface area contributed by atoms with E-state index in [2.05, 4.69) is 5.32 Å². The molecular weight excluding hydrogens is 309 g/mol. The Hall–Kier alpha value is -2.69. The van der Waals surface area contributed by atoms with Gasteiger partial charge in [-0.05, 0) is 43.2 Å². The second kappa shape index (κ2) is 7.73. The summed E-state index contributed by atoms with van der Waals surface area (Å²) in [6.45, 7) is 3.54. The molecule has 0 fully saturated rings.